The first kappa shape index (κ1) is 14.8. The molecule has 22 heavy (non-hydrogen) atoms. The van der Waals surface area contributed by atoms with E-state index in [0.29, 0.717) is 6.54 Å². The highest BCUT2D eigenvalue weighted by atomic mass is 32.2. The van der Waals surface area contributed by atoms with E-state index < -0.39 is 10.0 Å². The molecule has 0 fully saturated rings. The van der Waals surface area contributed by atoms with Crippen molar-refractivity contribution < 1.29 is 8.42 Å². The van der Waals surface area contributed by atoms with Gasteiger partial charge in [-0.1, -0.05) is 17.8 Å². The number of hydrogen-bond acceptors (Lipinski definition) is 7. The van der Waals surface area contributed by atoms with Crippen molar-refractivity contribution in [1.29, 1.82) is 0 Å². The van der Waals surface area contributed by atoms with E-state index in [1.54, 1.807) is 24.2 Å². The maximum Gasteiger partial charge on any atom is 0.230 e. The van der Waals surface area contributed by atoms with Crippen LogP contribution in [-0.4, -0.2) is 31.0 Å². The lowest BCUT2D eigenvalue weighted by Crippen LogP contribution is -2.19. The van der Waals surface area contributed by atoms with Gasteiger partial charge in [0.2, 0.25) is 10.0 Å². The molecule has 0 aliphatic carbocycles. The Kier molecular flexibility index (Phi) is 3.99. The van der Waals surface area contributed by atoms with Crippen molar-refractivity contribution in [3.63, 3.8) is 0 Å². The molecule has 1 aromatic carbocycles. The third-order valence-electron chi connectivity index (χ3n) is 2.80. The van der Waals surface area contributed by atoms with Gasteiger partial charge in [0, 0.05) is 17.3 Å². The van der Waals surface area contributed by atoms with Crippen molar-refractivity contribution in [2.75, 3.05) is 11.6 Å². The maximum absolute atomic E-state index is 10.9. The summed E-state index contributed by atoms with van der Waals surface area (Å²) < 4.78 is 24.1. The number of hydrogen-bond donors (Lipinski definition) is 2. The maximum atomic E-state index is 10.9. The van der Waals surface area contributed by atoms with Gasteiger partial charge in [0.15, 0.2) is 5.82 Å². The highest BCUT2D eigenvalue weighted by Gasteiger charge is 2.17. The quantitative estimate of drug-likeness (QED) is 0.557. The average Bonchev–Trinajstić information content (AvgIpc) is 2.48. The van der Waals surface area contributed by atoms with Gasteiger partial charge in [-0.2, -0.15) is 0 Å². The summed E-state index contributed by atoms with van der Waals surface area (Å²) in [6, 6.07) is 5.91. The van der Waals surface area contributed by atoms with Crippen LogP contribution in [0.3, 0.4) is 0 Å². The molecule has 1 aliphatic rings. The number of nitrogens with one attached hydrogen (secondary N) is 2. The van der Waals surface area contributed by atoms with Crippen molar-refractivity contribution >= 4 is 39.6 Å². The molecule has 0 bridgehead atoms. The molecule has 3 rings (SSSR count). The van der Waals surface area contributed by atoms with Gasteiger partial charge < -0.3 is 5.32 Å². The third-order valence-corrected chi connectivity index (χ3v) is 4.40. The number of fused-ring (bicyclic) bond motifs is 2. The van der Waals surface area contributed by atoms with Crippen LogP contribution >= 0.6 is 11.8 Å². The summed E-state index contributed by atoms with van der Waals surface area (Å²) >= 11 is 1.56. The van der Waals surface area contributed by atoms with Crippen molar-refractivity contribution in [1.82, 2.24) is 14.7 Å². The van der Waals surface area contributed by atoms with E-state index in [9.17, 15) is 8.42 Å². The first-order valence-electron chi connectivity index (χ1n) is 6.36. The van der Waals surface area contributed by atoms with Gasteiger partial charge in [-0.05, 0) is 17.7 Å². The van der Waals surface area contributed by atoms with Crippen LogP contribution in [-0.2, 0) is 16.6 Å². The van der Waals surface area contributed by atoms with Gasteiger partial charge in [0.05, 0.1) is 24.8 Å². The van der Waals surface area contributed by atoms with E-state index in [2.05, 4.69) is 25.0 Å². The van der Waals surface area contributed by atoms with Crippen molar-refractivity contribution in [3.8, 4) is 0 Å². The molecule has 2 N–H and O–H groups in total. The minimum atomic E-state index is -3.26. The third kappa shape index (κ3) is 3.55. The summed E-state index contributed by atoms with van der Waals surface area (Å²) in [5.41, 5.74) is 1.91. The lowest BCUT2D eigenvalue weighted by Gasteiger charge is -2.19. The number of benzene rings is 1. The van der Waals surface area contributed by atoms with Gasteiger partial charge in [-0.25, -0.2) is 18.4 Å². The molecule has 114 valence electrons. The van der Waals surface area contributed by atoms with Crippen LogP contribution in [0.4, 0.5) is 11.5 Å². The van der Waals surface area contributed by atoms with E-state index in [0.717, 1.165) is 33.2 Å². The second-order valence-corrected chi connectivity index (χ2v) is 7.44. The van der Waals surface area contributed by atoms with Crippen molar-refractivity contribution in [2.24, 2.45) is 4.99 Å². The molecular weight excluding hydrogens is 322 g/mol. The zero-order chi connectivity index (χ0) is 15.6. The zero-order valence-electron chi connectivity index (χ0n) is 11.6. The Hall–Kier alpha value is -2.13. The van der Waals surface area contributed by atoms with Crippen LogP contribution in [0, 0.1) is 0 Å². The minimum absolute atomic E-state index is 0.384. The van der Waals surface area contributed by atoms with Crippen molar-refractivity contribution in [3.05, 3.63) is 36.2 Å². The molecule has 0 radical (unpaired) electrons. The van der Waals surface area contributed by atoms with Crippen LogP contribution in [0.25, 0.3) is 0 Å². The number of nitrogens with zero attached hydrogens (tertiary/aromatic N) is 3. The largest absolute Gasteiger partial charge is 0.337 e. The summed E-state index contributed by atoms with van der Waals surface area (Å²) in [5, 5.41) is 4.08. The fourth-order valence-corrected chi connectivity index (χ4v) is 3.01. The topological polar surface area (TPSA) is 96.3 Å². The second-order valence-electron chi connectivity index (χ2n) is 4.63. The summed E-state index contributed by atoms with van der Waals surface area (Å²) in [4.78, 5) is 13.6. The molecule has 1 aliphatic heterocycles. The molecule has 0 saturated carbocycles. The Morgan fingerprint density at radius 1 is 1.36 bits per heavy atom. The average molecular weight is 335 g/mol. The molecule has 1 aromatic heterocycles. The molecule has 0 atom stereocenters. The van der Waals surface area contributed by atoms with Gasteiger partial charge >= 0.3 is 0 Å². The molecule has 2 heterocycles. The molecule has 0 saturated heterocycles. The Labute approximate surface area is 132 Å². The van der Waals surface area contributed by atoms with Gasteiger partial charge in [-0.3, -0.25) is 9.71 Å². The van der Waals surface area contributed by atoms with Gasteiger partial charge in [0.25, 0.3) is 0 Å². The lowest BCUT2D eigenvalue weighted by molar-refractivity contribution is 0.599. The molecule has 2 aromatic rings. The zero-order valence-corrected chi connectivity index (χ0v) is 13.3. The number of aliphatic imine (C=N–C) groups is 1. The Bertz CT molecular complexity index is 836. The number of anilines is 2. The van der Waals surface area contributed by atoms with Crippen molar-refractivity contribution in [2.45, 2.75) is 16.5 Å². The molecule has 7 nitrogen and oxygen atoms in total. The first-order chi connectivity index (χ1) is 10.5. The fourth-order valence-electron chi connectivity index (χ4n) is 1.86. The summed E-state index contributed by atoms with van der Waals surface area (Å²) in [6.07, 6.45) is 5.58. The van der Waals surface area contributed by atoms with Gasteiger partial charge in [0.1, 0.15) is 5.03 Å². The molecule has 9 heteroatoms. The number of aromatic nitrogens is 2. The minimum Gasteiger partial charge on any atom is -0.337 e. The lowest BCUT2D eigenvalue weighted by atomic mass is 10.2. The number of rotatable bonds is 4. The monoisotopic (exact) mass is 335 g/mol. The molecule has 0 unspecified atom stereocenters. The van der Waals surface area contributed by atoms with Crippen LogP contribution in [0.5, 0.6) is 0 Å². The van der Waals surface area contributed by atoms with E-state index in [1.165, 1.54) is 6.34 Å². The summed E-state index contributed by atoms with van der Waals surface area (Å²) in [5.74, 6) is 0.736. The normalized spacial score (nSPS) is 13.3. The molecule has 0 amide bonds. The standard InChI is InChI=1S/C13H13N5O2S2/c1-22(19,20)17-8-14-7-9-2-3-11-10(6-9)18-12-13(21-11)16-5-4-15-12/h2-6,8H,7H2,1H3,(H,14,17)(H,15,18). The molecule has 0 spiro atoms. The van der Waals surface area contributed by atoms with Crippen LogP contribution < -0.4 is 10.0 Å². The van der Waals surface area contributed by atoms with Crippen LogP contribution in [0.2, 0.25) is 0 Å². The Morgan fingerprint density at radius 2 is 2.18 bits per heavy atom. The predicted octanol–water partition coefficient (Wildman–Crippen LogP) is 1.76. The van der Waals surface area contributed by atoms with E-state index >= 15 is 0 Å². The van der Waals surface area contributed by atoms with Gasteiger partial charge in [-0.15, -0.1) is 0 Å². The van der Waals surface area contributed by atoms with Crippen LogP contribution in [0.1, 0.15) is 5.56 Å². The summed E-state index contributed by atoms with van der Waals surface area (Å²) in [6.45, 7) is 0.384. The summed E-state index contributed by atoms with van der Waals surface area (Å²) in [7, 11) is -3.26. The highest BCUT2D eigenvalue weighted by Crippen LogP contribution is 2.41. The molecular formula is C13H13N5O2S2. The Morgan fingerprint density at radius 3 is 3.00 bits per heavy atom. The van der Waals surface area contributed by atoms with E-state index in [-0.39, 0.29) is 0 Å². The Balaban J connectivity index is 1.73. The van der Waals surface area contributed by atoms with E-state index in [1.807, 2.05) is 18.2 Å². The second kappa shape index (κ2) is 5.93. The SMILES string of the molecule is CS(=O)(=O)NC=NCc1ccc2c(c1)Nc1nccnc1S2. The predicted molar refractivity (Wildman–Crippen MR) is 86.1 cm³/mol. The fraction of sp³-hybridized carbons (Fsp3) is 0.154. The van der Waals surface area contributed by atoms with E-state index in [4.69, 9.17) is 0 Å². The highest BCUT2D eigenvalue weighted by molar-refractivity contribution is 7.99. The smallest absolute Gasteiger partial charge is 0.230 e. The number of sulfonamides is 1. The first-order valence-corrected chi connectivity index (χ1v) is 9.06. The van der Waals surface area contributed by atoms with Crippen LogP contribution in [0.15, 0.2) is 45.5 Å².